The van der Waals surface area contributed by atoms with Gasteiger partial charge in [0.25, 0.3) is 0 Å². The smallest absolute Gasteiger partial charge is 0.319 e. The number of carbonyl (C=O) groups is 1. The number of fused-ring (bicyclic) bond motifs is 1. The predicted molar refractivity (Wildman–Crippen MR) is 89.9 cm³/mol. The second kappa shape index (κ2) is 5.76. The molecule has 112 valence electrons. The molecule has 21 heavy (non-hydrogen) atoms. The first-order chi connectivity index (χ1) is 9.74. The van der Waals surface area contributed by atoms with Gasteiger partial charge in [-0.05, 0) is 55.2 Å². The fourth-order valence-electron chi connectivity index (χ4n) is 2.21. The highest BCUT2D eigenvalue weighted by Crippen LogP contribution is 2.24. The maximum atomic E-state index is 11.9. The van der Waals surface area contributed by atoms with E-state index in [1.54, 1.807) is 0 Å². The average Bonchev–Trinajstić information content (AvgIpc) is 2.35. The molecule has 0 spiro atoms. The number of hydrogen-bond acceptors (Lipinski definition) is 1. The maximum Gasteiger partial charge on any atom is 0.319 e. The van der Waals surface area contributed by atoms with Crippen molar-refractivity contribution in [2.75, 3.05) is 5.32 Å². The van der Waals surface area contributed by atoms with Crippen molar-refractivity contribution in [3.63, 3.8) is 0 Å². The van der Waals surface area contributed by atoms with Crippen molar-refractivity contribution >= 4 is 22.5 Å². The van der Waals surface area contributed by atoms with Crippen molar-refractivity contribution in [3.8, 4) is 0 Å². The summed E-state index contributed by atoms with van der Waals surface area (Å²) < 4.78 is 0. The molecule has 0 bridgehead atoms. The van der Waals surface area contributed by atoms with Crippen molar-refractivity contribution in [1.29, 1.82) is 0 Å². The predicted octanol–water partition coefficient (Wildman–Crippen LogP) is 4.88. The molecule has 0 aliphatic heterocycles. The largest absolute Gasteiger partial charge is 0.333 e. The molecule has 0 aliphatic rings. The lowest BCUT2D eigenvalue weighted by Gasteiger charge is -2.20. The van der Waals surface area contributed by atoms with Crippen LogP contribution in [0.25, 0.3) is 10.8 Å². The van der Waals surface area contributed by atoms with E-state index in [0.717, 1.165) is 11.1 Å². The van der Waals surface area contributed by atoms with E-state index in [0.29, 0.717) is 5.92 Å². The summed E-state index contributed by atoms with van der Waals surface area (Å²) in [4.78, 5) is 11.9. The van der Waals surface area contributed by atoms with Gasteiger partial charge in [0, 0.05) is 11.2 Å². The first kappa shape index (κ1) is 15.4. The van der Waals surface area contributed by atoms with Crippen LogP contribution in [0.3, 0.4) is 0 Å². The monoisotopic (exact) mass is 284 g/mol. The number of amides is 2. The van der Waals surface area contributed by atoms with E-state index in [1.807, 2.05) is 39.0 Å². The van der Waals surface area contributed by atoms with Crippen LogP contribution in [-0.2, 0) is 0 Å². The lowest BCUT2D eigenvalue weighted by atomic mass is 9.99. The Bertz CT molecular complexity index is 654. The number of hydrogen-bond donors (Lipinski definition) is 2. The minimum Gasteiger partial charge on any atom is -0.333 e. The first-order valence-corrected chi connectivity index (χ1v) is 7.37. The summed E-state index contributed by atoms with van der Waals surface area (Å²) in [7, 11) is 0. The summed E-state index contributed by atoms with van der Waals surface area (Å²) in [5, 5.41) is 8.11. The van der Waals surface area contributed by atoms with Crippen molar-refractivity contribution < 1.29 is 4.79 Å². The third-order valence-corrected chi connectivity index (χ3v) is 3.28. The van der Waals surface area contributed by atoms with Gasteiger partial charge in [0.05, 0.1) is 0 Å². The Kier molecular flexibility index (Phi) is 4.21. The van der Waals surface area contributed by atoms with E-state index >= 15 is 0 Å². The Morgan fingerprint density at radius 2 is 1.67 bits per heavy atom. The average molecular weight is 284 g/mol. The molecule has 0 aliphatic carbocycles. The van der Waals surface area contributed by atoms with Crippen molar-refractivity contribution in [2.45, 2.75) is 46.1 Å². The van der Waals surface area contributed by atoms with Gasteiger partial charge in [-0.15, -0.1) is 0 Å². The molecule has 3 nitrogen and oxygen atoms in total. The topological polar surface area (TPSA) is 41.1 Å². The summed E-state index contributed by atoms with van der Waals surface area (Å²) in [6.45, 7) is 10.2. The van der Waals surface area contributed by atoms with Crippen LogP contribution in [0.5, 0.6) is 0 Å². The number of nitrogens with one attached hydrogen (secondary N) is 2. The normalized spacial score (nSPS) is 11.7. The van der Waals surface area contributed by atoms with Crippen molar-refractivity contribution in [2.24, 2.45) is 0 Å². The molecule has 0 atom stereocenters. The molecule has 2 rings (SSSR count). The molecule has 0 saturated carbocycles. The van der Waals surface area contributed by atoms with Gasteiger partial charge in [0.2, 0.25) is 0 Å². The van der Waals surface area contributed by atoms with E-state index in [1.165, 1.54) is 10.9 Å². The van der Waals surface area contributed by atoms with Gasteiger partial charge in [0.15, 0.2) is 0 Å². The van der Waals surface area contributed by atoms with E-state index in [2.05, 4.69) is 42.7 Å². The number of rotatable bonds is 2. The lowest BCUT2D eigenvalue weighted by molar-refractivity contribution is 0.244. The quantitative estimate of drug-likeness (QED) is 0.810. The Morgan fingerprint density at radius 1 is 1.00 bits per heavy atom. The van der Waals surface area contributed by atoms with Crippen LogP contribution in [0.1, 0.15) is 46.1 Å². The third-order valence-electron chi connectivity index (χ3n) is 3.28. The molecular weight excluding hydrogens is 260 g/mol. The highest BCUT2D eigenvalue weighted by atomic mass is 16.2. The minimum absolute atomic E-state index is 0.179. The van der Waals surface area contributed by atoms with Gasteiger partial charge in [-0.2, -0.15) is 0 Å². The molecule has 0 radical (unpaired) electrons. The molecule has 2 N–H and O–H groups in total. The second-order valence-corrected chi connectivity index (χ2v) is 6.81. The molecule has 2 aromatic rings. The number of benzene rings is 2. The van der Waals surface area contributed by atoms with Gasteiger partial charge in [-0.25, -0.2) is 4.79 Å². The van der Waals surface area contributed by atoms with E-state index in [-0.39, 0.29) is 11.6 Å². The zero-order valence-corrected chi connectivity index (χ0v) is 13.4. The van der Waals surface area contributed by atoms with Crippen LogP contribution >= 0.6 is 0 Å². The Balaban J connectivity index is 2.23. The van der Waals surface area contributed by atoms with E-state index < -0.39 is 0 Å². The summed E-state index contributed by atoms with van der Waals surface area (Å²) in [6, 6.07) is 12.3. The molecule has 2 aromatic carbocycles. The lowest BCUT2D eigenvalue weighted by Crippen LogP contribution is -2.43. The second-order valence-electron chi connectivity index (χ2n) is 6.81. The minimum atomic E-state index is -0.244. The molecule has 0 unspecified atom stereocenters. The molecule has 0 heterocycles. The van der Waals surface area contributed by atoms with Crippen molar-refractivity contribution in [1.82, 2.24) is 5.32 Å². The van der Waals surface area contributed by atoms with Crippen LogP contribution in [-0.4, -0.2) is 11.6 Å². The van der Waals surface area contributed by atoms with E-state index in [4.69, 9.17) is 0 Å². The fourth-order valence-corrected chi connectivity index (χ4v) is 2.21. The van der Waals surface area contributed by atoms with Gasteiger partial charge in [0.1, 0.15) is 0 Å². The van der Waals surface area contributed by atoms with Gasteiger partial charge < -0.3 is 10.6 Å². The summed E-state index contributed by atoms with van der Waals surface area (Å²) in [5.41, 5.74) is 1.87. The van der Waals surface area contributed by atoms with Crippen LogP contribution in [0.4, 0.5) is 10.5 Å². The maximum absolute atomic E-state index is 11.9. The van der Waals surface area contributed by atoms with Gasteiger partial charge in [-0.3, -0.25) is 0 Å². The van der Waals surface area contributed by atoms with E-state index in [9.17, 15) is 4.79 Å². The molecule has 3 heteroatoms. The van der Waals surface area contributed by atoms with Crippen LogP contribution in [0, 0.1) is 0 Å². The van der Waals surface area contributed by atoms with Gasteiger partial charge in [-0.1, -0.05) is 38.1 Å². The molecule has 0 saturated heterocycles. The molecule has 2 amide bonds. The zero-order valence-electron chi connectivity index (χ0n) is 13.4. The third kappa shape index (κ3) is 4.22. The van der Waals surface area contributed by atoms with Crippen molar-refractivity contribution in [3.05, 3.63) is 42.0 Å². The first-order valence-electron chi connectivity index (χ1n) is 7.37. The molecule has 0 fully saturated rings. The number of carbonyl (C=O) groups excluding carboxylic acids is 1. The summed E-state index contributed by atoms with van der Waals surface area (Å²) in [6.07, 6.45) is 0. The zero-order chi connectivity index (χ0) is 15.6. The van der Waals surface area contributed by atoms with Crippen LogP contribution in [0.2, 0.25) is 0 Å². The standard InChI is InChI=1S/C18H24N2O/c1-12(2)14-7-6-13-8-9-16(11-15(13)10-14)19-17(21)20-18(3,4)5/h6-12H,1-5H3,(H2,19,20,21). The number of anilines is 1. The van der Waals surface area contributed by atoms with Gasteiger partial charge >= 0.3 is 6.03 Å². The number of urea groups is 1. The van der Waals surface area contributed by atoms with Crippen LogP contribution in [0.15, 0.2) is 36.4 Å². The summed E-state index contributed by atoms with van der Waals surface area (Å²) in [5.74, 6) is 0.496. The molecular formula is C18H24N2O. The molecule has 0 aromatic heterocycles. The summed E-state index contributed by atoms with van der Waals surface area (Å²) >= 11 is 0. The Labute approximate surface area is 126 Å². The highest BCUT2D eigenvalue weighted by molar-refractivity contribution is 5.94. The Morgan fingerprint density at radius 3 is 2.29 bits per heavy atom. The SMILES string of the molecule is CC(C)c1ccc2ccc(NC(=O)NC(C)(C)C)cc2c1. The highest BCUT2D eigenvalue weighted by Gasteiger charge is 2.13. The Hall–Kier alpha value is -2.03. The fraction of sp³-hybridized carbons (Fsp3) is 0.389. The van der Waals surface area contributed by atoms with Crippen LogP contribution < -0.4 is 10.6 Å².